The van der Waals surface area contributed by atoms with E-state index in [-0.39, 0.29) is 23.7 Å². The minimum absolute atomic E-state index is 0.0209. The van der Waals surface area contributed by atoms with Gasteiger partial charge in [0, 0.05) is 29.1 Å². The summed E-state index contributed by atoms with van der Waals surface area (Å²) in [4.78, 5) is 13.4. The summed E-state index contributed by atoms with van der Waals surface area (Å²) in [7, 11) is 0. The largest absolute Gasteiger partial charge is 0.586 e. The first kappa shape index (κ1) is 28.2. The molecule has 216 valence electrons. The molecule has 2 aliphatic rings. The molecule has 0 saturated heterocycles. The van der Waals surface area contributed by atoms with Gasteiger partial charge in [0.1, 0.15) is 5.82 Å². The lowest BCUT2D eigenvalue weighted by molar-refractivity contribution is -0.286. The lowest BCUT2D eigenvalue weighted by Crippen LogP contribution is -2.31. The summed E-state index contributed by atoms with van der Waals surface area (Å²) in [5, 5.41) is 22.9. The molecule has 1 atom stereocenters. The third kappa shape index (κ3) is 5.24. The van der Waals surface area contributed by atoms with Crippen molar-refractivity contribution < 1.29 is 42.4 Å². The number of fused-ring (bicyclic) bond motifs is 2. The highest BCUT2D eigenvalue weighted by molar-refractivity contribution is 6.02. The average molecular weight is 564 g/mol. The fourth-order valence-corrected chi connectivity index (χ4v) is 5.15. The number of alkyl halides is 2. The Labute approximate surface area is 228 Å². The standard InChI is InChI=1S/C28H32F3N3O6/c1-26(2,15-38-8-7-32)24-10-16-9-20(19(29)12-21(16)34(24)13-18(36)14-35)33-25(37)27(5-6-27)17-3-4-22-23(11-17)40-28(30,31)39-22/h3-4,9-12,18,35-36H,5-8,13-15,32H2,1-2H3,(H,33,37)/t18-/m1/s1. The second-order valence-corrected chi connectivity index (χ2v) is 11.0. The van der Waals surface area contributed by atoms with Gasteiger partial charge < -0.3 is 40.0 Å². The van der Waals surface area contributed by atoms with Crippen LogP contribution in [0.2, 0.25) is 0 Å². The van der Waals surface area contributed by atoms with Crippen LogP contribution in [0.3, 0.4) is 0 Å². The number of nitrogens with zero attached hydrogens (tertiary/aromatic N) is 1. The molecule has 40 heavy (non-hydrogen) atoms. The zero-order chi connectivity index (χ0) is 28.9. The van der Waals surface area contributed by atoms with Crippen LogP contribution in [0, 0.1) is 5.82 Å². The minimum atomic E-state index is -3.77. The number of rotatable bonds is 11. The van der Waals surface area contributed by atoms with E-state index in [1.54, 1.807) is 4.57 Å². The van der Waals surface area contributed by atoms with Crippen LogP contribution >= 0.6 is 0 Å². The van der Waals surface area contributed by atoms with E-state index in [4.69, 9.17) is 10.5 Å². The molecule has 0 unspecified atom stereocenters. The maximum Gasteiger partial charge on any atom is 0.586 e. The zero-order valence-electron chi connectivity index (χ0n) is 22.2. The van der Waals surface area contributed by atoms with Crippen molar-refractivity contribution in [1.82, 2.24) is 4.57 Å². The summed E-state index contributed by atoms with van der Waals surface area (Å²) in [5.41, 5.74) is 5.62. The summed E-state index contributed by atoms with van der Waals surface area (Å²) in [6, 6.07) is 8.85. The van der Waals surface area contributed by atoms with Gasteiger partial charge in [0.15, 0.2) is 11.5 Å². The molecule has 5 N–H and O–H groups in total. The molecule has 12 heteroatoms. The van der Waals surface area contributed by atoms with E-state index in [2.05, 4.69) is 14.8 Å². The smallest absolute Gasteiger partial charge is 0.395 e. The highest BCUT2D eigenvalue weighted by Crippen LogP contribution is 2.52. The molecule has 1 fully saturated rings. The van der Waals surface area contributed by atoms with Gasteiger partial charge in [-0.05, 0) is 42.7 Å². The summed E-state index contributed by atoms with van der Waals surface area (Å²) in [6.45, 7) is 4.46. The van der Waals surface area contributed by atoms with Crippen LogP contribution in [0.25, 0.3) is 10.9 Å². The molecular formula is C28H32F3N3O6. The number of aliphatic hydroxyl groups excluding tert-OH is 2. The van der Waals surface area contributed by atoms with Crippen LogP contribution in [0.1, 0.15) is 37.9 Å². The number of aromatic nitrogens is 1. The molecule has 0 bridgehead atoms. The number of nitrogens with one attached hydrogen (secondary N) is 1. The highest BCUT2D eigenvalue weighted by atomic mass is 19.3. The number of carbonyl (C=O) groups is 1. The van der Waals surface area contributed by atoms with Gasteiger partial charge in [-0.2, -0.15) is 0 Å². The average Bonchev–Trinajstić information content (AvgIpc) is 3.55. The SMILES string of the molecule is CC(C)(COCCN)c1cc2cc(NC(=O)C3(c4ccc5c(c4)OC(F)(F)O5)CC3)c(F)cc2n1C[C@@H](O)CO. The van der Waals surface area contributed by atoms with Gasteiger partial charge in [-0.15, -0.1) is 8.78 Å². The van der Waals surface area contributed by atoms with Gasteiger partial charge in [0.2, 0.25) is 5.91 Å². The third-order valence-electron chi connectivity index (χ3n) is 7.40. The lowest BCUT2D eigenvalue weighted by atomic mass is 9.90. The first-order valence-electron chi connectivity index (χ1n) is 13.0. The van der Waals surface area contributed by atoms with Crippen molar-refractivity contribution in [3.05, 3.63) is 53.5 Å². The Morgan fingerprint density at radius 2 is 1.93 bits per heavy atom. The molecule has 1 aromatic heterocycles. The molecule has 0 radical (unpaired) electrons. The molecule has 9 nitrogen and oxygen atoms in total. The Kier molecular flexibility index (Phi) is 7.24. The normalized spacial score (nSPS) is 17.7. The Balaban J connectivity index is 1.45. The Morgan fingerprint density at radius 1 is 1.20 bits per heavy atom. The van der Waals surface area contributed by atoms with E-state index in [0.29, 0.717) is 49.1 Å². The molecule has 3 aromatic rings. The van der Waals surface area contributed by atoms with Crippen LogP contribution in [-0.2, 0) is 26.9 Å². The lowest BCUT2D eigenvalue weighted by Gasteiger charge is -2.27. The molecular weight excluding hydrogens is 531 g/mol. The summed E-state index contributed by atoms with van der Waals surface area (Å²) >= 11 is 0. The predicted molar refractivity (Wildman–Crippen MR) is 140 cm³/mol. The Hall–Kier alpha value is -3.32. The van der Waals surface area contributed by atoms with E-state index in [9.17, 15) is 23.8 Å². The van der Waals surface area contributed by atoms with Gasteiger partial charge in [-0.25, -0.2) is 4.39 Å². The van der Waals surface area contributed by atoms with E-state index >= 15 is 4.39 Å². The van der Waals surface area contributed by atoms with E-state index in [1.165, 1.54) is 30.3 Å². The quantitative estimate of drug-likeness (QED) is 0.264. The number of benzene rings is 2. The number of halogens is 3. The number of ether oxygens (including phenoxy) is 3. The van der Waals surface area contributed by atoms with Crippen molar-refractivity contribution in [2.75, 3.05) is 31.7 Å². The van der Waals surface area contributed by atoms with Crippen LogP contribution < -0.4 is 20.5 Å². The van der Waals surface area contributed by atoms with Gasteiger partial charge in [-0.3, -0.25) is 4.79 Å². The zero-order valence-corrected chi connectivity index (χ0v) is 22.2. The molecule has 1 aliphatic carbocycles. The van der Waals surface area contributed by atoms with Crippen molar-refractivity contribution in [3.63, 3.8) is 0 Å². The van der Waals surface area contributed by atoms with Gasteiger partial charge in [-0.1, -0.05) is 19.9 Å². The van der Waals surface area contributed by atoms with E-state index in [0.717, 1.165) is 5.69 Å². The molecule has 2 aromatic carbocycles. The number of amides is 1. The topological polar surface area (TPSA) is 128 Å². The third-order valence-corrected chi connectivity index (χ3v) is 7.40. The van der Waals surface area contributed by atoms with Crippen LogP contribution in [0.5, 0.6) is 11.5 Å². The first-order valence-corrected chi connectivity index (χ1v) is 13.0. The number of hydrogen-bond donors (Lipinski definition) is 4. The molecule has 5 rings (SSSR count). The van der Waals surface area contributed by atoms with E-state index < -0.39 is 41.6 Å². The van der Waals surface area contributed by atoms with Gasteiger partial charge in [0.25, 0.3) is 0 Å². The fourth-order valence-electron chi connectivity index (χ4n) is 5.15. The second-order valence-electron chi connectivity index (χ2n) is 11.0. The monoisotopic (exact) mass is 563 g/mol. The first-order chi connectivity index (χ1) is 18.9. The second kappa shape index (κ2) is 10.3. The summed E-state index contributed by atoms with van der Waals surface area (Å²) < 4.78 is 58.7. The van der Waals surface area contributed by atoms with Crippen molar-refractivity contribution in [3.8, 4) is 11.5 Å². The van der Waals surface area contributed by atoms with Crippen molar-refractivity contribution >= 4 is 22.5 Å². The van der Waals surface area contributed by atoms with Crippen molar-refractivity contribution in [2.24, 2.45) is 5.73 Å². The molecule has 1 aliphatic heterocycles. The van der Waals surface area contributed by atoms with Crippen LogP contribution in [0.4, 0.5) is 18.9 Å². The summed E-state index contributed by atoms with van der Waals surface area (Å²) in [6.07, 6.45) is -3.94. The molecule has 0 spiro atoms. The number of aliphatic hydroxyl groups is 2. The molecule has 1 saturated carbocycles. The van der Waals surface area contributed by atoms with Gasteiger partial charge in [0.05, 0.1) is 49.1 Å². The number of anilines is 1. The molecule has 2 heterocycles. The minimum Gasteiger partial charge on any atom is -0.395 e. The fraction of sp³-hybridized carbons (Fsp3) is 0.464. The van der Waals surface area contributed by atoms with Gasteiger partial charge >= 0.3 is 6.29 Å². The maximum atomic E-state index is 15.4. The predicted octanol–water partition coefficient (Wildman–Crippen LogP) is 3.38. The number of nitrogens with two attached hydrogens (primary N) is 1. The Morgan fingerprint density at radius 3 is 2.60 bits per heavy atom. The highest BCUT2D eigenvalue weighted by Gasteiger charge is 2.53. The number of carbonyl (C=O) groups excluding carboxylic acids is 1. The van der Waals surface area contributed by atoms with Crippen molar-refractivity contribution in [1.29, 1.82) is 0 Å². The molecule has 1 amide bonds. The maximum absolute atomic E-state index is 15.4. The van der Waals surface area contributed by atoms with Crippen LogP contribution in [-0.4, -0.2) is 59.5 Å². The van der Waals surface area contributed by atoms with E-state index in [1.807, 2.05) is 19.9 Å². The van der Waals surface area contributed by atoms with Crippen LogP contribution in [0.15, 0.2) is 36.4 Å². The summed E-state index contributed by atoms with van der Waals surface area (Å²) in [5.74, 6) is -1.44. The Bertz CT molecular complexity index is 1440. The number of hydrogen-bond acceptors (Lipinski definition) is 7. The van der Waals surface area contributed by atoms with Crippen molar-refractivity contribution in [2.45, 2.75) is 56.5 Å².